The zero-order chi connectivity index (χ0) is 24.8. The highest BCUT2D eigenvalue weighted by Gasteiger charge is 1.95. The van der Waals surface area contributed by atoms with Crippen molar-refractivity contribution in [2.45, 2.75) is 143 Å². The molecule has 0 saturated carbocycles. The van der Waals surface area contributed by atoms with Crippen LogP contribution in [0, 0.1) is 0 Å². The smallest absolute Gasteiger partial charge is 0.323 e. The van der Waals surface area contributed by atoms with Crippen LogP contribution in [-0.2, 0) is 4.84 Å². The summed E-state index contributed by atoms with van der Waals surface area (Å²) in [4.78, 5) is 14.7. The molecule has 196 valence electrons. The molecule has 0 unspecified atom stereocenters. The monoisotopic (exact) mass is 484 g/mol. The summed E-state index contributed by atoms with van der Waals surface area (Å²) in [5, 5.41) is 6.46. The molecule has 1 amide bonds. The summed E-state index contributed by atoms with van der Waals surface area (Å²) >= 11 is 1.42. The van der Waals surface area contributed by atoms with Gasteiger partial charge >= 0.3 is 6.09 Å². The molecule has 0 aromatic carbocycles. The Morgan fingerprint density at radius 3 is 1.42 bits per heavy atom. The van der Waals surface area contributed by atoms with E-state index in [2.05, 4.69) is 41.3 Å². The van der Waals surface area contributed by atoms with Crippen molar-refractivity contribution in [1.29, 1.82) is 0 Å². The van der Waals surface area contributed by atoms with Gasteiger partial charge in [0.2, 0.25) is 0 Å². The van der Waals surface area contributed by atoms with Crippen molar-refractivity contribution in [1.82, 2.24) is 5.32 Å². The third kappa shape index (κ3) is 33.3. The third-order valence-electron chi connectivity index (χ3n) is 5.62. The second-order valence-electron chi connectivity index (χ2n) is 8.80. The van der Waals surface area contributed by atoms with Crippen LogP contribution in [-0.4, -0.2) is 24.4 Å². The summed E-state index contributed by atoms with van der Waals surface area (Å²) < 4.78 is 0. The lowest BCUT2D eigenvalue weighted by molar-refractivity contribution is 0.153. The lowest BCUT2D eigenvalue weighted by atomic mass is 10.1. The zero-order valence-electron chi connectivity index (χ0n) is 22.8. The number of carbonyl (C=O) groups excluding carboxylic acids is 1. The second-order valence-corrected chi connectivity index (χ2v) is 9.79. The first-order chi connectivity index (χ1) is 16.1. The summed E-state index contributed by atoms with van der Waals surface area (Å²) in [5.74, 6) is 0. The van der Waals surface area contributed by atoms with Crippen molar-refractivity contribution < 1.29 is 9.63 Å². The van der Waals surface area contributed by atoms with Gasteiger partial charge in [-0.3, -0.25) is 4.84 Å². The van der Waals surface area contributed by atoms with Gasteiger partial charge in [0.1, 0.15) is 5.04 Å². The van der Waals surface area contributed by atoms with Gasteiger partial charge in [0, 0.05) is 7.05 Å². The highest BCUT2D eigenvalue weighted by Crippen LogP contribution is 2.12. The van der Waals surface area contributed by atoms with Crippen LogP contribution in [0.15, 0.2) is 17.3 Å². The number of nitrogens with zero attached hydrogens (tertiary/aromatic N) is 1. The average molecular weight is 485 g/mol. The Morgan fingerprint density at radius 1 is 0.727 bits per heavy atom. The van der Waals surface area contributed by atoms with Gasteiger partial charge in [-0.2, -0.15) is 0 Å². The molecular weight excluding hydrogens is 428 g/mol. The predicted molar refractivity (Wildman–Crippen MR) is 150 cm³/mol. The Hall–Kier alpha value is -0.970. The number of hydrogen-bond donors (Lipinski definition) is 1. The molecule has 0 rings (SSSR count). The molecule has 0 aliphatic heterocycles. The molecule has 4 nitrogen and oxygen atoms in total. The van der Waals surface area contributed by atoms with Crippen molar-refractivity contribution >= 4 is 22.9 Å². The highest BCUT2D eigenvalue weighted by molar-refractivity contribution is 8.13. The number of oxime groups is 1. The Balaban J connectivity index is 0. The molecule has 33 heavy (non-hydrogen) atoms. The van der Waals surface area contributed by atoms with Gasteiger partial charge in [-0.25, -0.2) is 4.79 Å². The molecule has 0 spiro atoms. The van der Waals surface area contributed by atoms with Crippen LogP contribution in [0.4, 0.5) is 4.79 Å². The summed E-state index contributed by atoms with van der Waals surface area (Å²) in [7, 11) is 1.48. The Kier molecular flexibility index (Phi) is 32.2. The highest BCUT2D eigenvalue weighted by atomic mass is 32.2. The molecule has 0 saturated heterocycles. The van der Waals surface area contributed by atoms with Gasteiger partial charge in [0.15, 0.2) is 0 Å². The Bertz CT molecular complexity index is 453. The van der Waals surface area contributed by atoms with Gasteiger partial charge in [-0.1, -0.05) is 127 Å². The maximum atomic E-state index is 10.4. The number of nitrogens with one attached hydrogen (secondary N) is 1. The molecule has 0 aliphatic carbocycles. The van der Waals surface area contributed by atoms with Gasteiger partial charge in [0.05, 0.1) is 0 Å². The molecule has 0 aromatic rings. The molecule has 0 aliphatic rings. The van der Waals surface area contributed by atoms with Crippen LogP contribution < -0.4 is 5.32 Å². The quantitative estimate of drug-likeness (QED) is 0.0467. The summed E-state index contributed by atoms with van der Waals surface area (Å²) in [6.07, 6.45) is 33.2. The molecule has 0 fully saturated rings. The van der Waals surface area contributed by atoms with E-state index in [1.165, 1.54) is 141 Å². The summed E-state index contributed by atoms with van der Waals surface area (Å²) in [5.41, 5.74) is 0. The summed E-state index contributed by atoms with van der Waals surface area (Å²) in [6, 6.07) is 0. The summed E-state index contributed by atoms with van der Waals surface area (Å²) in [6.45, 7) is 6.34. The number of thioether (sulfide) groups is 1. The van der Waals surface area contributed by atoms with Gasteiger partial charge in [0.25, 0.3) is 0 Å². The van der Waals surface area contributed by atoms with E-state index in [1.54, 1.807) is 6.92 Å². The minimum absolute atomic E-state index is 0.548. The molecule has 0 atom stereocenters. The fourth-order valence-electron chi connectivity index (χ4n) is 3.39. The number of allylic oxidation sites excluding steroid dienone is 2. The molecular formula is C28H56N2O2S. The SMILES string of the molecule is CCCCCCCC/C=C\CCCCCCCCCCCCC.CNC(=O)O/N=C(\C)SC. The molecule has 0 aromatic heterocycles. The standard InChI is InChI=1S/C23H46.C5H10N2O2S/c1-3-5-7-9-11-13-15-17-19-21-23-22-20-18-16-14-12-10-8-6-4-2;1-4(10-3)7-9-5(8)6-2/h17,19H,3-16,18,20-23H2,1-2H3;1-3H3,(H,6,8)/b19-17-;7-4+. The fraction of sp³-hybridized carbons (Fsp3) is 0.857. The van der Waals surface area contributed by atoms with Crippen LogP contribution in [0.2, 0.25) is 0 Å². The van der Waals surface area contributed by atoms with Crippen molar-refractivity contribution in [2.24, 2.45) is 5.16 Å². The van der Waals surface area contributed by atoms with Crippen molar-refractivity contribution in [3.63, 3.8) is 0 Å². The normalized spacial score (nSPS) is 11.4. The fourth-order valence-corrected chi connectivity index (χ4v) is 3.51. The molecule has 0 radical (unpaired) electrons. The van der Waals surface area contributed by atoms with E-state index in [4.69, 9.17) is 0 Å². The van der Waals surface area contributed by atoms with E-state index < -0.39 is 6.09 Å². The van der Waals surface area contributed by atoms with Crippen LogP contribution in [0.1, 0.15) is 143 Å². The van der Waals surface area contributed by atoms with Gasteiger partial charge < -0.3 is 5.32 Å². The average Bonchev–Trinajstić information content (AvgIpc) is 2.84. The van der Waals surface area contributed by atoms with E-state index in [0.717, 1.165) is 0 Å². The molecule has 0 heterocycles. The number of amides is 1. The Labute approximate surface area is 211 Å². The van der Waals surface area contributed by atoms with E-state index in [9.17, 15) is 4.79 Å². The first kappa shape index (κ1) is 34.2. The van der Waals surface area contributed by atoms with E-state index >= 15 is 0 Å². The van der Waals surface area contributed by atoms with Gasteiger partial charge in [-0.15, -0.1) is 11.8 Å². The predicted octanol–water partition coefficient (Wildman–Crippen LogP) is 10.0. The number of hydrogen-bond acceptors (Lipinski definition) is 4. The van der Waals surface area contributed by atoms with E-state index in [-0.39, 0.29) is 0 Å². The van der Waals surface area contributed by atoms with Crippen LogP contribution in [0.25, 0.3) is 0 Å². The first-order valence-corrected chi connectivity index (χ1v) is 15.0. The topological polar surface area (TPSA) is 50.7 Å². The van der Waals surface area contributed by atoms with Crippen LogP contribution in [0.5, 0.6) is 0 Å². The lowest BCUT2D eigenvalue weighted by Gasteiger charge is -2.01. The zero-order valence-corrected chi connectivity index (χ0v) is 23.6. The largest absolute Gasteiger partial charge is 0.433 e. The number of unbranched alkanes of at least 4 members (excludes halogenated alkanes) is 17. The number of carbonyl (C=O) groups is 1. The second kappa shape index (κ2) is 31.0. The lowest BCUT2D eigenvalue weighted by Crippen LogP contribution is -2.16. The van der Waals surface area contributed by atoms with E-state index in [1.807, 2.05) is 6.26 Å². The van der Waals surface area contributed by atoms with Crippen molar-refractivity contribution in [3.8, 4) is 0 Å². The number of rotatable bonds is 20. The first-order valence-electron chi connectivity index (χ1n) is 13.7. The Morgan fingerprint density at radius 2 is 1.09 bits per heavy atom. The minimum atomic E-state index is -0.548. The molecule has 5 heteroatoms. The van der Waals surface area contributed by atoms with Crippen LogP contribution in [0.3, 0.4) is 0 Å². The molecule has 0 bridgehead atoms. The maximum absolute atomic E-state index is 10.4. The minimum Gasteiger partial charge on any atom is -0.323 e. The van der Waals surface area contributed by atoms with Gasteiger partial charge in [-0.05, 0) is 38.9 Å². The maximum Gasteiger partial charge on any atom is 0.433 e. The van der Waals surface area contributed by atoms with Crippen molar-refractivity contribution in [2.75, 3.05) is 13.3 Å². The third-order valence-corrected chi connectivity index (χ3v) is 6.29. The molecule has 1 N–H and O–H groups in total. The van der Waals surface area contributed by atoms with Crippen LogP contribution >= 0.6 is 11.8 Å². The van der Waals surface area contributed by atoms with E-state index in [0.29, 0.717) is 5.04 Å². The van der Waals surface area contributed by atoms with Crippen molar-refractivity contribution in [3.05, 3.63) is 12.2 Å².